The molecule has 2 rings (SSSR count). The van der Waals surface area contributed by atoms with E-state index in [9.17, 15) is 14.7 Å². The predicted molar refractivity (Wildman–Crippen MR) is 64.2 cm³/mol. The van der Waals surface area contributed by atoms with Crippen molar-refractivity contribution in [3.05, 3.63) is 41.2 Å². The van der Waals surface area contributed by atoms with E-state index < -0.39 is 17.7 Å². The highest BCUT2D eigenvalue weighted by atomic mass is 16.5. The Balaban J connectivity index is 2.39. The number of hydrogen-bond acceptors (Lipinski definition) is 4. The number of aliphatic hydroxyl groups is 1. The third kappa shape index (κ3) is 1.95. The number of benzene rings is 1. The van der Waals surface area contributed by atoms with Crippen LogP contribution in [0.3, 0.4) is 0 Å². The molecule has 0 spiro atoms. The van der Waals surface area contributed by atoms with Crippen LogP contribution in [0.2, 0.25) is 0 Å². The molecule has 94 valence electrons. The van der Waals surface area contributed by atoms with Crippen molar-refractivity contribution < 1.29 is 19.4 Å². The predicted octanol–water partition coefficient (Wildman–Crippen LogP) is 1.27. The van der Waals surface area contributed by atoms with Crippen LogP contribution >= 0.6 is 0 Å². The number of carbonyl (C=O) groups excluding carboxylic acids is 2. The minimum absolute atomic E-state index is 0.102. The average molecular weight is 247 g/mol. The number of Topliss-reactive ketones (excluding diaryl/α,β-unsaturated/α-hetero) is 1. The Kier molecular flexibility index (Phi) is 3.06. The van der Waals surface area contributed by atoms with E-state index in [-0.39, 0.29) is 11.4 Å². The summed E-state index contributed by atoms with van der Waals surface area (Å²) in [6.07, 6.45) is 0. The molecule has 1 amide bonds. The molecule has 1 aromatic rings. The van der Waals surface area contributed by atoms with Crippen LogP contribution in [-0.4, -0.2) is 23.9 Å². The minimum Gasteiger partial charge on any atom is -0.503 e. The van der Waals surface area contributed by atoms with E-state index in [0.717, 1.165) is 5.56 Å². The monoisotopic (exact) mass is 247 g/mol. The van der Waals surface area contributed by atoms with Crippen molar-refractivity contribution in [2.24, 2.45) is 0 Å². The molecular formula is C13H13NO4. The van der Waals surface area contributed by atoms with E-state index in [1.54, 1.807) is 31.4 Å². The Labute approximate surface area is 104 Å². The Bertz CT molecular complexity index is 530. The molecule has 0 aromatic heterocycles. The van der Waals surface area contributed by atoms with Crippen molar-refractivity contribution in [1.29, 1.82) is 0 Å². The molecule has 1 heterocycles. The fourth-order valence-corrected chi connectivity index (χ4v) is 1.95. The summed E-state index contributed by atoms with van der Waals surface area (Å²) in [7, 11) is 1.55. The number of carbonyl (C=O) groups is 2. The second-order valence-corrected chi connectivity index (χ2v) is 4.00. The molecule has 1 atom stereocenters. The van der Waals surface area contributed by atoms with Gasteiger partial charge in [0.2, 0.25) is 0 Å². The van der Waals surface area contributed by atoms with Crippen LogP contribution in [0.15, 0.2) is 35.6 Å². The van der Waals surface area contributed by atoms with Crippen LogP contribution < -0.4 is 10.1 Å². The van der Waals surface area contributed by atoms with Crippen molar-refractivity contribution in [2.75, 3.05) is 7.11 Å². The highest BCUT2D eigenvalue weighted by molar-refractivity contribution is 6.08. The molecule has 0 saturated heterocycles. The van der Waals surface area contributed by atoms with E-state index in [1.807, 2.05) is 0 Å². The van der Waals surface area contributed by atoms with E-state index in [1.165, 1.54) is 6.92 Å². The normalized spacial score (nSPS) is 18.8. The third-order valence-corrected chi connectivity index (χ3v) is 2.86. The van der Waals surface area contributed by atoms with Gasteiger partial charge in [0.05, 0.1) is 18.7 Å². The molecule has 1 aliphatic rings. The summed E-state index contributed by atoms with van der Waals surface area (Å²) in [5, 5.41) is 12.1. The second kappa shape index (κ2) is 4.52. The van der Waals surface area contributed by atoms with Gasteiger partial charge in [0.15, 0.2) is 11.5 Å². The lowest BCUT2D eigenvalue weighted by atomic mass is 9.98. The number of aliphatic hydroxyl groups excluding tert-OH is 1. The van der Waals surface area contributed by atoms with Gasteiger partial charge in [0.25, 0.3) is 5.91 Å². The van der Waals surface area contributed by atoms with Crippen LogP contribution in [0.1, 0.15) is 18.5 Å². The van der Waals surface area contributed by atoms with Gasteiger partial charge in [-0.2, -0.15) is 0 Å². The largest absolute Gasteiger partial charge is 0.503 e. The maximum Gasteiger partial charge on any atom is 0.287 e. The molecule has 0 aliphatic carbocycles. The molecule has 2 N–H and O–H groups in total. The second-order valence-electron chi connectivity index (χ2n) is 4.00. The van der Waals surface area contributed by atoms with Crippen molar-refractivity contribution >= 4 is 11.7 Å². The number of rotatable bonds is 3. The summed E-state index contributed by atoms with van der Waals surface area (Å²) in [5.41, 5.74) is 0.823. The smallest absolute Gasteiger partial charge is 0.287 e. The lowest BCUT2D eigenvalue weighted by Gasteiger charge is -2.13. The van der Waals surface area contributed by atoms with Gasteiger partial charge in [-0.1, -0.05) is 12.1 Å². The summed E-state index contributed by atoms with van der Waals surface area (Å²) in [5.74, 6) is -0.767. The van der Waals surface area contributed by atoms with Crippen LogP contribution in [0.5, 0.6) is 5.75 Å². The van der Waals surface area contributed by atoms with E-state index in [4.69, 9.17) is 4.74 Å². The number of amides is 1. The lowest BCUT2D eigenvalue weighted by molar-refractivity contribution is -0.119. The summed E-state index contributed by atoms with van der Waals surface area (Å²) in [4.78, 5) is 22.9. The molecule has 5 heteroatoms. The molecule has 5 nitrogen and oxygen atoms in total. The van der Waals surface area contributed by atoms with Gasteiger partial charge < -0.3 is 15.2 Å². The van der Waals surface area contributed by atoms with Crippen molar-refractivity contribution in [2.45, 2.75) is 13.0 Å². The summed E-state index contributed by atoms with van der Waals surface area (Å²) >= 11 is 0. The van der Waals surface area contributed by atoms with Crippen LogP contribution in [0.25, 0.3) is 0 Å². The zero-order valence-corrected chi connectivity index (χ0v) is 10.1. The van der Waals surface area contributed by atoms with Crippen molar-refractivity contribution in [3.8, 4) is 5.75 Å². The fourth-order valence-electron chi connectivity index (χ4n) is 1.95. The van der Waals surface area contributed by atoms with Crippen LogP contribution in [0.4, 0.5) is 0 Å². The Morgan fingerprint density at radius 1 is 1.33 bits per heavy atom. The maximum absolute atomic E-state index is 11.5. The van der Waals surface area contributed by atoms with Gasteiger partial charge in [-0.05, 0) is 24.6 Å². The first-order chi connectivity index (χ1) is 8.54. The summed E-state index contributed by atoms with van der Waals surface area (Å²) in [6.45, 7) is 1.32. The molecular weight excluding hydrogens is 234 g/mol. The molecule has 0 fully saturated rings. The van der Waals surface area contributed by atoms with Crippen molar-refractivity contribution in [3.63, 3.8) is 0 Å². The quantitative estimate of drug-likeness (QED) is 0.843. The zero-order chi connectivity index (χ0) is 13.3. The molecule has 1 unspecified atom stereocenters. The van der Waals surface area contributed by atoms with E-state index in [2.05, 4.69) is 5.32 Å². The average Bonchev–Trinajstić information content (AvgIpc) is 2.66. The number of methoxy groups -OCH3 is 1. The van der Waals surface area contributed by atoms with Gasteiger partial charge in [-0.15, -0.1) is 0 Å². The summed E-state index contributed by atoms with van der Waals surface area (Å²) < 4.78 is 5.03. The Morgan fingerprint density at radius 2 is 1.94 bits per heavy atom. The van der Waals surface area contributed by atoms with Crippen molar-refractivity contribution in [1.82, 2.24) is 5.32 Å². The molecule has 0 bridgehead atoms. The first-order valence-corrected chi connectivity index (χ1v) is 5.43. The zero-order valence-electron chi connectivity index (χ0n) is 10.1. The third-order valence-electron chi connectivity index (χ3n) is 2.86. The number of ether oxygens (including phenoxy) is 1. The number of hydrogen-bond donors (Lipinski definition) is 2. The summed E-state index contributed by atoms with van der Waals surface area (Å²) in [6, 6.07) is 6.35. The maximum atomic E-state index is 11.5. The van der Waals surface area contributed by atoms with Gasteiger partial charge in [0.1, 0.15) is 5.75 Å². The standard InChI is InChI=1S/C13H13NO4/c1-7(15)10-11(14-13(17)12(10)16)8-3-5-9(18-2)6-4-8/h3-6,11,16H,1-2H3,(H,14,17). The van der Waals surface area contributed by atoms with Gasteiger partial charge in [0, 0.05) is 0 Å². The van der Waals surface area contributed by atoms with Gasteiger partial charge in [-0.3, -0.25) is 9.59 Å². The van der Waals surface area contributed by atoms with E-state index in [0.29, 0.717) is 5.75 Å². The minimum atomic E-state index is -0.624. The molecule has 1 aliphatic heterocycles. The van der Waals surface area contributed by atoms with E-state index >= 15 is 0 Å². The van der Waals surface area contributed by atoms with Gasteiger partial charge in [-0.25, -0.2) is 0 Å². The first-order valence-electron chi connectivity index (χ1n) is 5.43. The van der Waals surface area contributed by atoms with Crippen LogP contribution in [0, 0.1) is 0 Å². The van der Waals surface area contributed by atoms with Gasteiger partial charge >= 0.3 is 0 Å². The highest BCUT2D eigenvalue weighted by Crippen LogP contribution is 2.30. The first kappa shape index (κ1) is 12.2. The molecule has 18 heavy (non-hydrogen) atoms. The molecule has 0 saturated carbocycles. The Morgan fingerprint density at radius 3 is 2.44 bits per heavy atom. The number of nitrogens with one attached hydrogen (secondary N) is 1. The van der Waals surface area contributed by atoms with Crippen LogP contribution in [-0.2, 0) is 9.59 Å². The SMILES string of the molecule is COc1ccc(C2NC(=O)C(O)=C2C(C)=O)cc1. The topological polar surface area (TPSA) is 75.6 Å². The fraction of sp³-hybridized carbons (Fsp3) is 0.231. The highest BCUT2D eigenvalue weighted by Gasteiger charge is 2.35. The molecule has 1 aromatic carbocycles. The number of ketones is 1. The lowest BCUT2D eigenvalue weighted by Crippen LogP contribution is -2.23. The Hall–Kier alpha value is -2.30. The molecule has 0 radical (unpaired) electrons.